The van der Waals surface area contributed by atoms with Crippen LogP contribution in [0.15, 0.2) is 41.2 Å². The Bertz CT molecular complexity index is 1030. The van der Waals surface area contributed by atoms with Crippen LogP contribution in [0.2, 0.25) is 0 Å². The van der Waals surface area contributed by atoms with Crippen LogP contribution in [0.5, 0.6) is 5.75 Å². The molecule has 1 amide bonds. The second-order valence-electron chi connectivity index (χ2n) is 7.82. The number of benzene rings is 1. The Morgan fingerprint density at radius 3 is 2.57 bits per heavy atom. The van der Waals surface area contributed by atoms with Crippen LogP contribution in [0, 0.1) is 18.8 Å². The molecule has 3 atom stereocenters. The molecule has 0 bridgehead atoms. The van der Waals surface area contributed by atoms with Gasteiger partial charge >= 0.3 is 0 Å². The lowest BCUT2D eigenvalue weighted by Gasteiger charge is -2.47. The van der Waals surface area contributed by atoms with Gasteiger partial charge in [0.05, 0.1) is 11.1 Å². The first-order valence-electron chi connectivity index (χ1n) is 9.02. The van der Waals surface area contributed by atoms with Gasteiger partial charge in [-0.1, -0.05) is 12.6 Å². The zero-order valence-corrected chi connectivity index (χ0v) is 15.3. The van der Waals surface area contributed by atoms with E-state index in [2.05, 4.69) is 6.58 Å². The number of hydrogen-bond acceptors (Lipinski definition) is 6. The molecule has 1 aromatic carbocycles. The number of aliphatic hydroxyl groups is 3. The molecular weight excluding hydrogens is 362 g/mol. The Balaban J connectivity index is 1.92. The van der Waals surface area contributed by atoms with Crippen molar-refractivity contribution < 1.29 is 30.0 Å². The molecule has 7 nitrogen and oxygen atoms in total. The molecule has 0 aliphatic heterocycles. The molecule has 0 heterocycles. The Morgan fingerprint density at radius 2 is 1.93 bits per heavy atom. The van der Waals surface area contributed by atoms with E-state index in [1.807, 2.05) is 6.92 Å². The summed E-state index contributed by atoms with van der Waals surface area (Å²) in [6.07, 6.45) is 0.619. The van der Waals surface area contributed by atoms with E-state index in [4.69, 9.17) is 5.73 Å². The molecule has 0 aromatic heterocycles. The molecule has 1 fully saturated rings. The minimum atomic E-state index is -2.15. The van der Waals surface area contributed by atoms with E-state index in [1.165, 1.54) is 6.07 Å². The van der Waals surface area contributed by atoms with Crippen LogP contribution in [-0.4, -0.2) is 37.7 Å². The van der Waals surface area contributed by atoms with Crippen LogP contribution < -0.4 is 5.73 Å². The molecule has 3 aliphatic carbocycles. The molecule has 0 spiro atoms. The molecule has 0 unspecified atom stereocenters. The average molecular weight is 383 g/mol. The third kappa shape index (κ3) is 2.13. The molecule has 0 saturated heterocycles. The number of hydrogen-bond donors (Lipinski definition) is 5. The van der Waals surface area contributed by atoms with Crippen molar-refractivity contribution in [2.75, 3.05) is 0 Å². The van der Waals surface area contributed by atoms with Crippen molar-refractivity contribution >= 4 is 17.4 Å². The number of carbonyl (C=O) groups excluding carboxylic acids is 2. The molecule has 4 rings (SSSR count). The minimum Gasteiger partial charge on any atom is -0.511 e. The lowest BCUT2D eigenvalue weighted by molar-refractivity contribution is -0.140. The normalized spacial score (nSPS) is 29.4. The fraction of sp³-hybridized carbons (Fsp3) is 0.333. The maximum Gasteiger partial charge on any atom is 0.252 e. The van der Waals surface area contributed by atoms with E-state index in [0.717, 1.165) is 11.1 Å². The Hall–Kier alpha value is -3.06. The maximum atomic E-state index is 13.4. The number of rotatable bonds is 1. The first kappa shape index (κ1) is 18.3. The molecular formula is C21H21NO6. The molecule has 1 aromatic rings. The second kappa shape index (κ2) is 5.72. The number of Topliss-reactive ketones (excluding diaryl/α,β-unsaturated/α-hetero) is 1. The van der Waals surface area contributed by atoms with E-state index in [0.29, 0.717) is 12.8 Å². The van der Waals surface area contributed by atoms with Crippen LogP contribution in [0.1, 0.15) is 29.5 Å². The molecule has 6 N–H and O–H groups in total. The summed E-state index contributed by atoms with van der Waals surface area (Å²) < 4.78 is 0. The number of aliphatic hydroxyl groups excluding tert-OH is 2. The maximum absolute atomic E-state index is 13.4. The van der Waals surface area contributed by atoms with Crippen LogP contribution in [0.25, 0.3) is 5.76 Å². The first-order chi connectivity index (χ1) is 13.1. The third-order valence-corrected chi connectivity index (χ3v) is 6.36. The molecule has 7 heteroatoms. The topological polar surface area (TPSA) is 141 Å². The summed E-state index contributed by atoms with van der Waals surface area (Å²) in [6, 6.07) is 3.19. The Kier molecular flexibility index (Phi) is 3.74. The molecule has 1 saturated carbocycles. The van der Waals surface area contributed by atoms with Crippen LogP contribution in [0.4, 0.5) is 0 Å². The van der Waals surface area contributed by atoms with Crippen LogP contribution in [0.3, 0.4) is 0 Å². The highest BCUT2D eigenvalue weighted by atomic mass is 16.3. The lowest BCUT2D eigenvalue weighted by Crippen LogP contribution is -2.57. The first-order valence-corrected chi connectivity index (χ1v) is 9.02. The van der Waals surface area contributed by atoms with Crippen LogP contribution in [-0.2, 0) is 16.0 Å². The fourth-order valence-corrected chi connectivity index (χ4v) is 4.95. The number of amides is 1. The van der Waals surface area contributed by atoms with E-state index in [9.17, 15) is 30.0 Å². The van der Waals surface area contributed by atoms with Crippen molar-refractivity contribution in [2.24, 2.45) is 17.6 Å². The van der Waals surface area contributed by atoms with Gasteiger partial charge in [-0.05, 0) is 42.9 Å². The molecule has 146 valence electrons. The van der Waals surface area contributed by atoms with Gasteiger partial charge in [-0.3, -0.25) is 9.59 Å². The van der Waals surface area contributed by atoms with Crippen molar-refractivity contribution in [3.05, 3.63) is 57.9 Å². The SMILES string of the molecule is C=C1C(C(N)=O)=C(O)C[C@@H]2C[C@@H]3Cc4c(C)ccc(O)c4C(O)=C3C(=O)[C@]12O. The van der Waals surface area contributed by atoms with E-state index in [-0.39, 0.29) is 51.9 Å². The predicted molar refractivity (Wildman–Crippen MR) is 100 cm³/mol. The van der Waals surface area contributed by atoms with Crippen molar-refractivity contribution in [2.45, 2.75) is 31.8 Å². The monoisotopic (exact) mass is 383 g/mol. The van der Waals surface area contributed by atoms with Crippen molar-refractivity contribution in [3.63, 3.8) is 0 Å². The summed E-state index contributed by atoms with van der Waals surface area (Å²) in [6.45, 7) is 5.52. The molecule has 3 aliphatic rings. The van der Waals surface area contributed by atoms with Crippen LogP contribution >= 0.6 is 0 Å². The summed E-state index contributed by atoms with van der Waals surface area (Å²) >= 11 is 0. The summed E-state index contributed by atoms with van der Waals surface area (Å²) in [5, 5.41) is 42.6. The summed E-state index contributed by atoms with van der Waals surface area (Å²) in [5.41, 5.74) is 4.38. The number of phenolic OH excluding ortho intramolecular Hbond substituents is 1. The lowest BCUT2D eigenvalue weighted by atomic mass is 9.57. The number of aryl methyl sites for hydroxylation is 1. The minimum absolute atomic E-state index is 0.0125. The third-order valence-electron chi connectivity index (χ3n) is 6.36. The van der Waals surface area contributed by atoms with Gasteiger partial charge in [0, 0.05) is 23.5 Å². The zero-order chi connectivity index (χ0) is 20.5. The summed E-state index contributed by atoms with van der Waals surface area (Å²) in [7, 11) is 0. The molecule has 0 radical (unpaired) electrons. The number of phenols is 1. The number of carbonyl (C=O) groups is 2. The standard InChI is InChI=1S/C21H21NO6/c1-8-3-4-13(23)17-12(8)6-10-5-11-7-14(24)15(20(22)27)9(2)21(11,28)19(26)16(10)18(17)25/h3-4,10-11,23-25,28H,2,5-7H2,1H3,(H2,22,27)/t10-,11+,21+/m1/s1. The highest BCUT2D eigenvalue weighted by molar-refractivity contribution is 6.13. The summed E-state index contributed by atoms with van der Waals surface area (Å²) in [5.74, 6) is -3.64. The van der Waals surface area contributed by atoms with Crippen molar-refractivity contribution in [1.82, 2.24) is 0 Å². The largest absolute Gasteiger partial charge is 0.511 e. The molecule has 28 heavy (non-hydrogen) atoms. The smallest absolute Gasteiger partial charge is 0.252 e. The number of ketones is 1. The summed E-state index contributed by atoms with van der Waals surface area (Å²) in [4.78, 5) is 25.1. The van der Waals surface area contributed by atoms with Crippen molar-refractivity contribution in [3.8, 4) is 5.75 Å². The van der Waals surface area contributed by atoms with E-state index in [1.54, 1.807) is 6.07 Å². The fourth-order valence-electron chi connectivity index (χ4n) is 4.95. The highest BCUT2D eigenvalue weighted by Crippen LogP contribution is 2.53. The number of nitrogens with two attached hydrogens (primary N) is 1. The van der Waals surface area contributed by atoms with Gasteiger partial charge in [0.15, 0.2) is 11.4 Å². The van der Waals surface area contributed by atoms with Crippen molar-refractivity contribution in [1.29, 1.82) is 0 Å². The number of allylic oxidation sites excluding steroid dienone is 1. The predicted octanol–water partition coefficient (Wildman–Crippen LogP) is 1.72. The van der Waals surface area contributed by atoms with Gasteiger partial charge in [0.25, 0.3) is 5.91 Å². The van der Waals surface area contributed by atoms with Gasteiger partial charge in [-0.15, -0.1) is 0 Å². The van der Waals surface area contributed by atoms with Gasteiger partial charge < -0.3 is 26.2 Å². The Labute approximate surface area is 161 Å². The second-order valence-corrected chi connectivity index (χ2v) is 7.82. The van der Waals surface area contributed by atoms with Gasteiger partial charge in [0.2, 0.25) is 0 Å². The quantitative estimate of drug-likeness (QED) is 0.500. The highest BCUT2D eigenvalue weighted by Gasteiger charge is 2.58. The van der Waals surface area contributed by atoms with Gasteiger partial charge in [0.1, 0.15) is 17.3 Å². The number of fused-ring (bicyclic) bond motifs is 3. The van der Waals surface area contributed by atoms with Gasteiger partial charge in [-0.25, -0.2) is 0 Å². The van der Waals surface area contributed by atoms with E-state index < -0.39 is 23.2 Å². The zero-order valence-electron chi connectivity index (χ0n) is 15.3. The Morgan fingerprint density at radius 1 is 1.25 bits per heavy atom. The van der Waals surface area contributed by atoms with Gasteiger partial charge in [-0.2, -0.15) is 0 Å². The number of primary amides is 1. The van der Waals surface area contributed by atoms with E-state index >= 15 is 0 Å². The average Bonchev–Trinajstić information content (AvgIpc) is 2.61. The number of aromatic hydroxyl groups is 1.